The maximum absolute atomic E-state index is 5.79. The summed E-state index contributed by atoms with van der Waals surface area (Å²) in [6.45, 7) is 15.2. The minimum absolute atomic E-state index is 0.300. The van der Waals surface area contributed by atoms with Gasteiger partial charge >= 0.3 is 0 Å². The van der Waals surface area contributed by atoms with Crippen LogP contribution >= 0.6 is 0 Å². The summed E-state index contributed by atoms with van der Waals surface area (Å²) >= 11 is 0. The third-order valence-corrected chi connectivity index (χ3v) is 8.65. The lowest BCUT2D eigenvalue weighted by atomic mass is 10.7. The van der Waals surface area contributed by atoms with Crippen LogP contribution in [0.25, 0.3) is 0 Å². The molecule has 20 heavy (non-hydrogen) atoms. The van der Waals surface area contributed by atoms with Crippen LogP contribution in [-0.4, -0.2) is 56.3 Å². The van der Waals surface area contributed by atoms with Gasteiger partial charge in [-0.1, -0.05) is 12.1 Å². The van der Waals surface area contributed by atoms with Crippen molar-refractivity contribution in [3.63, 3.8) is 0 Å². The van der Waals surface area contributed by atoms with Gasteiger partial charge < -0.3 is 18.9 Å². The van der Waals surface area contributed by atoms with E-state index in [1.165, 1.54) is 12.1 Å². The molecule has 0 unspecified atom stereocenters. The molecule has 0 aromatic heterocycles. The molecule has 0 N–H and O–H groups in total. The third kappa shape index (κ3) is 8.54. The number of hydrogen-bond donors (Lipinski definition) is 0. The van der Waals surface area contributed by atoms with Crippen LogP contribution in [-0.2, 0) is 18.9 Å². The van der Waals surface area contributed by atoms with E-state index in [9.17, 15) is 0 Å². The second-order valence-electron chi connectivity index (χ2n) is 5.21. The Kier molecular flexibility index (Phi) is 11.1. The first-order chi connectivity index (χ1) is 9.45. The van der Waals surface area contributed by atoms with Crippen molar-refractivity contribution < 1.29 is 18.9 Å². The van der Waals surface area contributed by atoms with Gasteiger partial charge in [-0.25, -0.2) is 0 Å². The van der Waals surface area contributed by atoms with Gasteiger partial charge in [0.2, 0.25) is 0 Å². The Balaban J connectivity index is 4.13. The molecule has 0 aliphatic heterocycles. The molecule has 0 saturated carbocycles. The predicted molar refractivity (Wildman–Crippen MR) is 90.0 cm³/mol. The molecule has 0 rings (SSSR count). The van der Waals surface area contributed by atoms with Crippen LogP contribution in [0.5, 0.6) is 0 Å². The molecular formula is C14H34O4Si2. The van der Waals surface area contributed by atoms with Crippen molar-refractivity contribution in [3.05, 3.63) is 0 Å². The van der Waals surface area contributed by atoms with E-state index >= 15 is 0 Å². The fourth-order valence-electron chi connectivity index (χ4n) is 2.49. The normalized spacial score (nSPS) is 14.1. The summed E-state index contributed by atoms with van der Waals surface area (Å²) in [6.07, 6.45) is 0. The minimum Gasteiger partial charge on any atom is -0.355 e. The Morgan fingerprint density at radius 2 is 0.850 bits per heavy atom. The highest BCUT2D eigenvalue weighted by molar-refractivity contribution is 6.45. The summed E-state index contributed by atoms with van der Waals surface area (Å²) < 4.78 is 23.2. The lowest BCUT2D eigenvalue weighted by Gasteiger charge is -2.31. The summed E-state index contributed by atoms with van der Waals surface area (Å²) in [7, 11) is -0.822. The van der Waals surface area contributed by atoms with Gasteiger partial charge in [0, 0.05) is 26.4 Å². The topological polar surface area (TPSA) is 36.9 Å². The van der Waals surface area contributed by atoms with E-state index in [1.54, 1.807) is 0 Å². The lowest BCUT2D eigenvalue weighted by molar-refractivity contribution is -0.164. The number of hydrogen-bond acceptors (Lipinski definition) is 4. The molecule has 0 radical (unpaired) electrons. The highest BCUT2D eigenvalue weighted by atomic mass is 28.2. The van der Waals surface area contributed by atoms with E-state index in [0.29, 0.717) is 0 Å². The highest BCUT2D eigenvalue weighted by Crippen LogP contribution is 2.17. The van der Waals surface area contributed by atoms with E-state index in [0.717, 1.165) is 26.4 Å². The molecule has 0 spiro atoms. The van der Waals surface area contributed by atoms with Crippen LogP contribution in [0.1, 0.15) is 41.5 Å². The van der Waals surface area contributed by atoms with Crippen LogP contribution in [0.3, 0.4) is 0 Å². The smallest absolute Gasteiger partial charge is 0.142 e. The maximum atomic E-state index is 5.79. The zero-order chi connectivity index (χ0) is 15.5. The van der Waals surface area contributed by atoms with E-state index < -0.39 is 19.0 Å². The van der Waals surface area contributed by atoms with Crippen molar-refractivity contribution in [2.45, 2.75) is 64.5 Å². The van der Waals surface area contributed by atoms with Gasteiger partial charge in [-0.15, -0.1) is 0 Å². The molecule has 0 aliphatic carbocycles. The molecule has 122 valence electrons. The van der Waals surface area contributed by atoms with Crippen molar-refractivity contribution in [2.24, 2.45) is 0 Å². The molecule has 0 aliphatic rings. The Bertz CT molecular complexity index is 203. The average molecular weight is 323 g/mol. The SMILES string of the molecule is CCOC(C)(OCC)[SiH2]CC[SiH2]C(C)(OCC)OCC. The van der Waals surface area contributed by atoms with Crippen molar-refractivity contribution in [1.82, 2.24) is 0 Å². The Morgan fingerprint density at radius 3 is 1.05 bits per heavy atom. The molecule has 0 atom stereocenters. The number of ether oxygens (including phenoxy) is 4. The van der Waals surface area contributed by atoms with Crippen LogP contribution in [0.2, 0.25) is 12.1 Å². The summed E-state index contributed by atoms with van der Waals surface area (Å²) in [5, 5.41) is 0. The summed E-state index contributed by atoms with van der Waals surface area (Å²) in [5.74, 6) is 0. The maximum Gasteiger partial charge on any atom is 0.142 e. The van der Waals surface area contributed by atoms with Crippen molar-refractivity contribution >= 4 is 19.0 Å². The van der Waals surface area contributed by atoms with Gasteiger partial charge in [-0.3, -0.25) is 0 Å². The Morgan fingerprint density at radius 1 is 0.600 bits per heavy atom. The fourth-order valence-corrected chi connectivity index (χ4v) is 7.16. The molecule has 0 heterocycles. The molecular weight excluding hydrogens is 288 g/mol. The predicted octanol–water partition coefficient (Wildman–Crippen LogP) is 1.65. The fraction of sp³-hybridized carbons (Fsp3) is 1.00. The third-order valence-electron chi connectivity index (χ3n) is 3.31. The lowest BCUT2D eigenvalue weighted by Crippen LogP contribution is -2.41. The molecule has 0 saturated heterocycles. The average Bonchev–Trinajstić information content (AvgIpc) is 2.36. The first-order valence-electron chi connectivity index (χ1n) is 8.01. The van der Waals surface area contributed by atoms with E-state index in [2.05, 4.69) is 13.8 Å². The standard InChI is InChI=1S/C14H34O4Si2/c1-7-15-13(5,16-8-2)19-11-12-20-14(6,17-9-3)18-10-4/h7-12,19-20H2,1-6H3. The van der Waals surface area contributed by atoms with Gasteiger partial charge in [-0.2, -0.15) is 0 Å². The molecule has 6 heteroatoms. The van der Waals surface area contributed by atoms with Crippen molar-refractivity contribution in [1.29, 1.82) is 0 Å². The monoisotopic (exact) mass is 322 g/mol. The van der Waals surface area contributed by atoms with Crippen LogP contribution < -0.4 is 0 Å². The summed E-state index contributed by atoms with van der Waals surface area (Å²) in [5.41, 5.74) is -0.600. The first kappa shape index (κ1) is 20.3. The van der Waals surface area contributed by atoms with Gasteiger partial charge in [0.15, 0.2) is 0 Å². The van der Waals surface area contributed by atoms with Crippen LogP contribution in [0, 0.1) is 0 Å². The van der Waals surface area contributed by atoms with Gasteiger partial charge in [0.1, 0.15) is 10.8 Å². The summed E-state index contributed by atoms with van der Waals surface area (Å²) in [4.78, 5) is 0. The van der Waals surface area contributed by atoms with Gasteiger partial charge in [0.05, 0.1) is 19.0 Å². The van der Waals surface area contributed by atoms with E-state index in [4.69, 9.17) is 18.9 Å². The molecule has 0 bridgehead atoms. The largest absolute Gasteiger partial charge is 0.355 e. The second kappa shape index (κ2) is 10.9. The first-order valence-corrected chi connectivity index (χ1v) is 11.4. The quantitative estimate of drug-likeness (QED) is 0.293. The van der Waals surface area contributed by atoms with E-state index in [1.807, 2.05) is 27.7 Å². The second-order valence-corrected chi connectivity index (χ2v) is 10.2. The Hall–Kier alpha value is 0.274. The van der Waals surface area contributed by atoms with Crippen molar-refractivity contribution in [3.8, 4) is 0 Å². The summed E-state index contributed by atoms with van der Waals surface area (Å²) in [6, 6.07) is 2.47. The molecule has 4 nitrogen and oxygen atoms in total. The Labute approximate surface area is 129 Å². The zero-order valence-electron chi connectivity index (χ0n) is 14.3. The van der Waals surface area contributed by atoms with E-state index in [-0.39, 0.29) is 10.8 Å². The minimum atomic E-state index is -0.411. The molecule has 0 aromatic carbocycles. The van der Waals surface area contributed by atoms with Crippen molar-refractivity contribution in [2.75, 3.05) is 26.4 Å². The van der Waals surface area contributed by atoms with Gasteiger partial charge in [0.25, 0.3) is 0 Å². The molecule has 0 amide bonds. The zero-order valence-corrected chi connectivity index (χ0v) is 17.1. The molecule has 0 fully saturated rings. The number of rotatable bonds is 13. The van der Waals surface area contributed by atoms with Crippen LogP contribution in [0.15, 0.2) is 0 Å². The molecule has 0 aromatic rings. The van der Waals surface area contributed by atoms with Gasteiger partial charge in [-0.05, 0) is 41.5 Å². The van der Waals surface area contributed by atoms with Crippen LogP contribution in [0.4, 0.5) is 0 Å². The highest BCUT2D eigenvalue weighted by Gasteiger charge is 2.27.